The van der Waals surface area contributed by atoms with Gasteiger partial charge in [0, 0.05) is 25.9 Å². The number of carbonyl (C=O) groups is 5. The summed E-state index contributed by atoms with van der Waals surface area (Å²) >= 11 is 0. The van der Waals surface area contributed by atoms with Crippen LogP contribution in [0.25, 0.3) is 0 Å². The van der Waals surface area contributed by atoms with E-state index in [4.69, 9.17) is 22.3 Å². The van der Waals surface area contributed by atoms with E-state index >= 15 is 0 Å². The number of rotatable bonds is 14. The smallest absolute Gasteiger partial charge is 0.303 e. The topological polar surface area (TPSA) is 202 Å². The Morgan fingerprint density at radius 1 is 1.14 bits per heavy atom. The highest BCUT2D eigenvalue weighted by Crippen LogP contribution is 2.23. The number of nitrogens with zero attached hydrogens (tertiary/aromatic N) is 3. The van der Waals surface area contributed by atoms with Crippen LogP contribution in [0.3, 0.4) is 0 Å². The lowest BCUT2D eigenvalue weighted by molar-refractivity contribution is -0.155. The van der Waals surface area contributed by atoms with Gasteiger partial charge in [0.25, 0.3) is 5.91 Å². The predicted molar refractivity (Wildman–Crippen MR) is 136 cm³/mol. The predicted octanol–water partition coefficient (Wildman–Crippen LogP) is -0.221. The molecule has 12 heteroatoms. The maximum atomic E-state index is 13.7. The molecule has 0 aliphatic carbocycles. The zero-order valence-corrected chi connectivity index (χ0v) is 20.8. The molecular weight excluding hydrogens is 480 g/mol. The fourth-order valence-electron chi connectivity index (χ4n) is 4.32. The highest BCUT2D eigenvalue weighted by molar-refractivity contribution is 6.02. The van der Waals surface area contributed by atoms with Crippen molar-refractivity contribution in [1.82, 2.24) is 9.80 Å². The number of amides is 3. The van der Waals surface area contributed by atoms with Crippen LogP contribution in [-0.2, 0) is 30.4 Å². The molecule has 1 aromatic carbocycles. The van der Waals surface area contributed by atoms with Gasteiger partial charge in [-0.05, 0) is 44.1 Å². The van der Waals surface area contributed by atoms with Crippen LogP contribution in [-0.4, -0.2) is 82.1 Å². The van der Waals surface area contributed by atoms with Gasteiger partial charge in [-0.25, -0.2) is 0 Å². The Balaban J connectivity index is 2.23. The van der Waals surface area contributed by atoms with Gasteiger partial charge in [0.2, 0.25) is 11.8 Å². The van der Waals surface area contributed by atoms with Crippen molar-refractivity contribution in [2.45, 2.75) is 69.5 Å². The Bertz CT molecular complexity index is 981. The molecule has 1 heterocycles. The van der Waals surface area contributed by atoms with E-state index < -0.39 is 41.8 Å². The first-order valence-electron chi connectivity index (χ1n) is 12.3. The van der Waals surface area contributed by atoms with Crippen LogP contribution in [0.15, 0.2) is 35.3 Å². The minimum Gasteiger partial charge on any atom is -0.481 e. The maximum absolute atomic E-state index is 13.7. The molecule has 202 valence electrons. The van der Waals surface area contributed by atoms with Crippen molar-refractivity contribution >= 4 is 35.9 Å². The molecule has 1 fully saturated rings. The van der Waals surface area contributed by atoms with Crippen molar-refractivity contribution in [2.24, 2.45) is 22.2 Å². The number of carboxylic acid groups (broad SMARTS) is 1. The normalized spacial score (nSPS) is 16.5. The molecule has 0 radical (unpaired) electrons. The monoisotopic (exact) mass is 516 g/mol. The fourth-order valence-corrected chi connectivity index (χ4v) is 4.32. The number of benzene rings is 1. The number of carbonyl (C=O) groups excluding carboxylic acids is 4. The molecule has 0 spiro atoms. The zero-order chi connectivity index (χ0) is 27.4. The van der Waals surface area contributed by atoms with E-state index in [-0.39, 0.29) is 44.7 Å². The molecule has 0 bridgehead atoms. The number of likely N-dealkylation sites (tertiary alicyclic amines) is 1. The summed E-state index contributed by atoms with van der Waals surface area (Å²) in [5.41, 5.74) is 17.5. The third-order valence-corrected chi connectivity index (χ3v) is 6.22. The summed E-state index contributed by atoms with van der Waals surface area (Å²) in [6, 6.07) is 6.16. The van der Waals surface area contributed by atoms with E-state index in [1.54, 1.807) is 0 Å². The molecule has 12 nitrogen and oxygen atoms in total. The van der Waals surface area contributed by atoms with Crippen LogP contribution in [0.1, 0.15) is 50.5 Å². The molecular formula is C25H36N6O6. The number of aldehydes is 1. The van der Waals surface area contributed by atoms with Gasteiger partial charge in [-0.15, -0.1) is 0 Å². The van der Waals surface area contributed by atoms with Crippen LogP contribution in [0.5, 0.6) is 0 Å². The SMILES string of the molecule is NC(N)=NCCC[C@@H](C=O)N(C(=O)CCc1ccccc1)C(=O)[C@@H]1CCCN1C(=O)[C@@H](N)CCC(=O)O. The largest absolute Gasteiger partial charge is 0.481 e. The van der Waals surface area contributed by atoms with E-state index in [9.17, 15) is 24.0 Å². The quantitative estimate of drug-likeness (QED) is 0.111. The molecule has 2 rings (SSSR count). The second kappa shape index (κ2) is 14.7. The molecule has 0 aromatic heterocycles. The number of aliphatic carboxylic acids is 1. The lowest BCUT2D eigenvalue weighted by Gasteiger charge is -2.33. The van der Waals surface area contributed by atoms with Crippen LogP contribution in [0.4, 0.5) is 0 Å². The number of hydrogen-bond donors (Lipinski definition) is 4. The second-order valence-electron chi connectivity index (χ2n) is 8.97. The molecule has 0 saturated carbocycles. The van der Waals surface area contributed by atoms with Gasteiger partial charge in [0.15, 0.2) is 5.96 Å². The number of aliphatic imine (C=N–C) groups is 1. The van der Waals surface area contributed by atoms with Crippen molar-refractivity contribution in [3.63, 3.8) is 0 Å². The number of imide groups is 1. The van der Waals surface area contributed by atoms with Crippen molar-refractivity contribution in [2.75, 3.05) is 13.1 Å². The molecule has 1 aliphatic heterocycles. The number of aryl methyl sites for hydroxylation is 1. The van der Waals surface area contributed by atoms with Gasteiger partial charge in [0.05, 0.1) is 12.1 Å². The number of guanidine groups is 1. The lowest BCUT2D eigenvalue weighted by atomic mass is 10.0. The summed E-state index contributed by atoms with van der Waals surface area (Å²) < 4.78 is 0. The van der Waals surface area contributed by atoms with Crippen LogP contribution < -0.4 is 17.2 Å². The fraction of sp³-hybridized carbons (Fsp3) is 0.520. The minimum absolute atomic E-state index is 0.00716. The van der Waals surface area contributed by atoms with E-state index in [1.165, 1.54) is 4.90 Å². The Labute approximate surface area is 215 Å². The summed E-state index contributed by atoms with van der Waals surface area (Å²) in [4.78, 5) is 69.0. The van der Waals surface area contributed by atoms with E-state index in [0.29, 0.717) is 32.0 Å². The summed E-state index contributed by atoms with van der Waals surface area (Å²) in [7, 11) is 0. The van der Waals surface area contributed by atoms with E-state index in [0.717, 1.165) is 10.5 Å². The summed E-state index contributed by atoms with van der Waals surface area (Å²) in [6.07, 6.45) is 1.87. The van der Waals surface area contributed by atoms with Crippen molar-refractivity contribution in [3.8, 4) is 0 Å². The Morgan fingerprint density at radius 2 is 1.84 bits per heavy atom. The summed E-state index contributed by atoms with van der Waals surface area (Å²) in [5, 5.41) is 8.89. The number of nitrogens with two attached hydrogens (primary N) is 3. The summed E-state index contributed by atoms with van der Waals surface area (Å²) in [6.45, 7) is 0.470. The molecule has 7 N–H and O–H groups in total. The third-order valence-electron chi connectivity index (χ3n) is 6.22. The number of carboxylic acids is 1. The van der Waals surface area contributed by atoms with Crippen molar-refractivity contribution < 1.29 is 29.1 Å². The van der Waals surface area contributed by atoms with Gasteiger partial charge in [-0.1, -0.05) is 30.3 Å². The second-order valence-corrected chi connectivity index (χ2v) is 8.97. The molecule has 3 atom stereocenters. The standard InChI is InChI=1S/C25H36N6O6/c26-19(11-13-22(34)35)23(36)30-15-5-9-20(30)24(37)31(18(16-32)8-4-14-29-25(27)28)21(33)12-10-17-6-2-1-3-7-17/h1-3,6-7,16,18-20H,4-5,8-15,26H2,(H,34,35)(H4,27,28,29)/t18-,19-,20-/m0/s1. The van der Waals surface area contributed by atoms with Crippen LogP contribution >= 0.6 is 0 Å². The van der Waals surface area contributed by atoms with Gasteiger partial charge in [-0.2, -0.15) is 0 Å². The Kier molecular flexibility index (Phi) is 11.7. The van der Waals surface area contributed by atoms with E-state index in [1.807, 2.05) is 30.3 Å². The first-order chi connectivity index (χ1) is 17.6. The molecule has 1 aliphatic rings. The Morgan fingerprint density at radius 3 is 2.46 bits per heavy atom. The first kappa shape index (κ1) is 29.4. The van der Waals surface area contributed by atoms with Gasteiger partial charge >= 0.3 is 5.97 Å². The molecule has 37 heavy (non-hydrogen) atoms. The molecule has 0 unspecified atom stereocenters. The van der Waals surface area contributed by atoms with Gasteiger partial charge < -0.3 is 32.0 Å². The van der Waals surface area contributed by atoms with Crippen molar-refractivity contribution in [3.05, 3.63) is 35.9 Å². The Hall–Kier alpha value is -3.80. The maximum Gasteiger partial charge on any atom is 0.303 e. The average Bonchev–Trinajstić information content (AvgIpc) is 3.37. The molecule has 1 aromatic rings. The van der Waals surface area contributed by atoms with Gasteiger partial charge in [-0.3, -0.25) is 29.1 Å². The van der Waals surface area contributed by atoms with E-state index in [2.05, 4.69) is 4.99 Å². The van der Waals surface area contributed by atoms with Crippen LogP contribution in [0.2, 0.25) is 0 Å². The highest BCUT2D eigenvalue weighted by Gasteiger charge is 2.41. The average molecular weight is 517 g/mol. The zero-order valence-electron chi connectivity index (χ0n) is 20.8. The first-order valence-corrected chi connectivity index (χ1v) is 12.3. The molecule has 1 saturated heterocycles. The van der Waals surface area contributed by atoms with Crippen LogP contribution in [0, 0.1) is 0 Å². The van der Waals surface area contributed by atoms with Gasteiger partial charge in [0.1, 0.15) is 12.3 Å². The number of hydrogen-bond acceptors (Lipinski definition) is 7. The summed E-state index contributed by atoms with van der Waals surface area (Å²) in [5.74, 6) is -2.91. The highest BCUT2D eigenvalue weighted by atomic mass is 16.4. The molecule has 3 amide bonds. The van der Waals surface area contributed by atoms with Crippen molar-refractivity contribution in [1.29, 1.82) is 0 Å². The lowest BCUT2D eigenvalue weighted by Crippen LogP contribution is -2.56. The third kappa shape index (κ3) is 8.98. The minimum atomic E-state index is -1.09.